The van der Waals surface area contributed by atoms with Crippen molar-refractivity contribution in [2.45, 2.75) is 45.4 Å². The van der Waals surface area contributed by atoms with Crippen molar-refractivity contribution >= 4 is 23.6 Å². The monoisotopic (exact) mass is 293 g/mol. The molecule has 110 valence electrons. The number of amides is 1. The molecule has 0 aromatic heterocycles. The van der Waals surface area contributed by atoms with Gasteiger partial charge in [-0.1, -0.05) is 62.8 Å². The molecule has 0 fully saturated rings. The summed E-state index contributed by atoms with van der Waals surface area (Å²) in [5, 5.41) is 3.58. The Morgan fingerprint density at radius 1 is 1.20 bits per heavy atom. The lowest BCUT2D eigenvalue weighted by Crippen LogP contribution is -2.21. The van der Waals surface area contributed by atoms with Crippen molar-refractivity contribution in [1.29, 1.82) is 0 Å². The number of benzene rings is 1. The molecule has 1 aromatic rings. The fraction of sp³-hybridized carbons (Fsp3) is 0.471. The summed E-state index contributed by atoms with van der Waals surface area (Å²) in [4.78, 5) is 11.6. The maximum Gasteiger partial charge on any atom is 0.243 e. The Hall–Kier alpha value is -1.28. The van der Waals surface area contributed by atoms with Gasteiger partial charge in [0.1, 0.15) is 0 Å². The highest BCUT2D eigenvalue weighted by Gasteiger charge is 1.96. The van der Waals surface area contributed by atoms with Crippen LogP contribution in [0.1, 0.15) is 51.0 Å². The first-order valence-corrected chi connectivity index (χ1v) is 7.81. The average molecular weight is 294 g/mol. The van der Waals surface area contributed by atoms with Gasteiger partial charge in [0.15, 0.2) is 0 Å². The average Bonchev–Trinajstić information content (AvgIpc) is 2.44. The van der Waals surface area contributed by atoms with Crippen LogP contribution < -0.4 is 5.32 Å². The molecular formula is C17H24ClNO. The van der Waals surface area contributed by atoms with E-state index in [2.05, 4.69) is 12.2 Å². The molecule has 0 saturated heterocycles. The van der Waals surface area contributed by atoms with Crippen LogP contribution in [0.15, 0.2) is 30.3 Å². The van der Waals surface area contributed by atoms with Gasteiger partial charge in [-0.25, -0.2) is 0 Å². The maximum absolute atomic E-state index is 11.6. The first-order valence-electron chi connectivity index (χ1n) is 7.44. The number of hydrogen-bond acceptors (Lipinski definition) is 1. The van der Waals surface area contributed by atoms with E-state index in [1.165, 1.54) is 32.1 Å². The third kappa shape index (κ3) is 8.00. The lowest BCUT2D eigenvalue weighted by atomic mass is 10.1. The molecule has 1 aromatic carbocycles. The van der Waals surface area contributed by atoms with Gasteiger partial charge in [-0.15, -0.1) is 0 Å². The first-order chi connectivity index (χ1) is 9.72. The normalized spacial score (nSPS) is 10.9. The largest absolute Gasteiger partial charge is 0.353 e. The smallest absolute Gasteiger partial charge is 0.243 e. The van der Waals surface area contributed by atoms with Crippen LogP contribution in [-0.2, 0) is 4.79 Å². The summed E-state index contributed by atoms with van der Waals surface area (Å²) < 4.78 is 0. The zero-order chi connectivity index (χ0) is 14.6. The first kappa shape index (κ1) is 16.8. The SMILES string of the molecule is CCCCCCCCNC(=O)C=Cc1cccc(Cl)c1. The molecule has 2 nitrogen and oxygen atoms in total. The van der Waals surface area contributed by atoms with Crippen LogP contribution in [-0.4, -0.2) is 12.5 Å². The van der Waals surface area contributed by atoms with Crippen molar-refractivity contribution in [3.63, 3.8) is 0 Å². The van der Waals surface area contributed by atoms with E-state index in [0.717, 1.165) is 18.5 Å². The van der Waals surface area contributed by atoms with Crippen LogP contribution in [0.3, 0.4) is 0 Å². The molecule has 1 N–H and O–H groups in total. The summed E-state index contributed by atoms with van der Waals surface area (Å²) in [6.45, 7) is 2.97. The second-order valence-corrected chi connectivity index (χ2v) is 5.38. The topological polar surface area (TPSA) is 29.1 Å². The highest BCUT2D eigenvalue weighted by molar-refractivity contribution is 6.30. The highest BCUT2D eigenvalue weighted by atomic mass is 35.5. The van der Waals surface area contributed by atoms with E-state index >= 15 is 0 Å². The van der Waals surface area contributed by atoms with Crippen molar-refractivity contribution in [2.75, 3.05) is 6.54 Å². The number of carbonyl (C=O) groups is 1. The van der Waals surface area contributed by atoms with Gasteiger partial charge >= 0.3 is 0 Å². The summed E-state index contributed by atoms with van der Waals surface area (Å²) in [5.74, 6) is -0.0430. The molecule has 0 unspecified atom stereocenters. The minimum absolute atomic E-state index is 0.0430. The summed E-state index contributed by atoms with van der Waals surface area (Å²) in [7, 11) is 0. The van der Waals surface area contributed by atoms with Gasteiger partial charge in [-0.05, 0) is 30.2 Å². The van der Waals surface area contributed by atoms with Gasteiger partial charge in [-0.2, -0.15) is 0 Å². The highest BCUT2D eigenvalue weighted by Crippen LogP contribution is 2.11. The van der Waals surface area contributed by atoms with Crippen LogP contribution >= 0.6 is 11.6 Å². The van der Waals surface area contributed by atoms with Crippen molar-refractivity contribution < 1.29 is 4.79 Å². The fourth-order valence-electron chi connectivity index (χ4n) is 1.96. The van der Waals surface area contributed by atoms with Gasteiger partial charge in [-0.3, -0.25) is 4.79 Å². The van der Waals surface area contributed by atoms with Gasteiger partial charge in [0.2, 0.25) is 5.91 Å². The van der Waals surface area contributed by atoms with Crippen molar-refractivity contribution in [2.24, 2.45) is 0 Å². The maximum atomic E-state index is 11.6. The van der Waals surface area contributed by atoms with Crippen LogP contribution in [0, 0.1) is 0 Å². The van der Waals surface area contributed by atoms with E-state index in [4.69, 9.17) is 11.6 Å². The van der Waals surface area contributed by atoms with Crippen molar-refractivity contribution in [1.82, 2.24) is 5.32 Å². The quantitative estimate of drug-likeness (QED) is 0.513. The lowest BCUT2D eigenvalue weighted by Gasteiger charge is -2.02. The van der Waals surface area contributed by atoms with E-state index in [-0.39, 0.29) is 5.91 Å². The van der Waals surface area contributed by atoms with Crippen molar-refractivity contribution in [3.8, 4) is 0 Å². The molecule has 0 aliphatic carbocycles. The molecule has 0 spiro atoms. The Labute approximate surface area is 127 Å². The standard InChI is InChI=1S/C17H24ClNO/c1-2-3-4-5-6-7-13-19-17(20)12-11-15-9-8-10-16(18)14-15/h8-12,14H,2-7,13H2,1H3,(H,19,20). The van der Waals surface area contributed by atoms with Gasteiger partial charge < -0.3 is 5.32 Å². The molecule has 3 heteroatoms. The zero-order valence-corrected chi connectivity index (χ0v) is 13.0. The van der Waals surface area contributed by atoms with E-state index in [9.17, 15) is 4.79 Å². The third-order valence-corrected chi connectivity index (χ3v) is 3.34. The van der Waals surface area contributed by atoms with Crippen molar-refractivity contribution in [3.05, 3.63) is 40.9 Å². The Kier molecular flexibility index (Phi) is 8.81. The number of nitrogens with one attached hydrogen (secondary N) is 1. The molecular weight excluding hydrogens is 270 g/mol. The Morgan fingerprint density at radius 3 is 2.70 bits per heavy atom. The Bertz CT molecular complexity index is 429. The van der Waals surface area contributed by atoms with Crippen LogP contribution in [0.25, 0.3) is 6.08 Å². The number of carbonyl (C=O) groups excluding carboxylic acids is 1. The molecule has 0 bridgehead atoms. The molecule has 1 rings (SSSR count). The molecule has 1 amide bonds. The van der Waals surface area contributed by atoms with Gasteiger partial charge in [0.25, 0.3) is 0 Å². The van der Waals surface area contributed by atoms with Crippen LogP contribution in [0.5, 0.6) is 0 Å². The van der Waals surface area contributed by atoms with Gasteiger partial charge in [0.05, 0.1) is 0 Å². The van der Waals surface area contributed by atoms with E-state index in [1.807, 2.05) is 24.3 Å². The van der Waals surface area contributed by atoms with E-state index in [1.54, 1.807) is 12.2 Å². The van der Waals surface area contributed by atoms with Gasteiger partial charge in [0, 0.05) is 17.6 Å². The predicted octanol–water partition coefficient (Wildman–Crippen LogP) is 4.83. The lowest BCUT2D eigenvalue weighted by molar-refractivity contribution is -0.116. The number of unbranched alkanes of at least 4 members (excludes halogenated alkanes) is 5. The predicted molar refractivity (Wildman–Crippen MR) is 86.9 cm³/mol. The number of halogens is 1. The van der Waals surface area contributed by atoms with E-state index < -0.39 is 0 Å². The molecule has 0 atom stereocenters. The molecule has 0 saturated carbocycles. The minimum atomic E-state index is -0.0430. The molecule has 20 heavy (non-hydrogen) atoms. The molecule has 0 aliphatic heterocycles. The summed E-state index contributed by atoms with van der Waals surface area (Å²) in [6, 6.07) is 7.44. The Morgan fingerprint density at radius 2 is 1.95 bits per heavy atom. The molecule has 0 heterocycles. The van der Waals surface area contributed by atoms with Crippen LogP contribution in [0.4, 0.5) is 0 Å². The number of hydrogen-bond donors (Lipinski definition) is 1. The fourth-order valence-corrected chi connectivity index (χ4v) is 2.16. The third-order valence-electron chi connectivity index (χ3n) is 3.11. The van der Waals surface area contributed by atoms with Crippen LogP contribution in [0.2, 0.25) is 5.02 Å². The number of rotatable bonds is 9. The zero-order valence-electron chi connectivity index (χ0n) is 12.2. The second-order valence-electron chi connectivity index (χ2n) is 4.95. The molecule has 0 radical (unpaired) electrons. The second kappa shape index (κ2) is 10.5. The summed E-state index contributed by atoms with van der Waals surface area (Å²) >= 11 is 5.88. The van der Waals surface area contributed by atoms with E-state index in [0.29, 0.717) is 5.02 Å². The minimum Gasteiger partial charge on any atom is -0.353 e. The summed E-state index contributed by atoms with van der Waals surface area (Å²) in [5.41, 5.74) is 0.937. The Balaban J connectivity index is 2.14. The summed E-state index contributed by atoms with van der Waals surface area (Å²) in [6.07, 6.45) is 10.7. The molecule has 0 aliphatic rings.